The van der Waals surface area contributed by atoms with Crippen LogP contribution in [0.4, 0.5) is 34.1 Å². The van der Waals surface area contributed by atoms with E-state index in [2.05, 4.69) is 263 Å². The van der Waals surface area contributed by atoms with Gasteiger partial charge in [0.15, 0.2) is 0 Å². The zero-order chi connectivity index (χ0) is 44.2. The monoisotopic (exact) mass is 810 g/mol. The lowest BCUT2D eigenvalue weighted by Gasteiger charge is -2.33. The zero-order valence-electron chi connectivity index (χ0n) is 38.9. The Hall–Kier alpha value is -6.30. The summed E-state index contributed by atoms with van der Waals surface area (Å²) in [6.45, 7) is 27.2. The Kier molecular flexibility index (Phi) is 10.9. The van der Waals surface area contributed by atoms with Gasteiger partial charge in [0.2, 0.25) is 0 Å². The first-order chi connectivity index (χ1) is 29.3. The second-order valence-electron chi connectivity index (χ2n) is 21.1. The molecule has 0 unspecified atom stereocenters. The van der Waals surface area contributed by atoms with Crippen LogP contribution in [0.25, 0.3) is 32.7 Å². The molecule has 2 heteroatoms. The van der Waals surface area contributed by atoms with E-state index in [1.54, 1.807) is 0 Å². The molecule has 0 fully saturated rings. The van der Waals surface area contributed by atoms with Crippen molar-refractivity contribution in [2.45, 2.75) is 105 Å². The van der Waals surface area contributed by atoms with E-state index >= 15 is 0 Å². The van der Waals surface area contributed by atoms with Gasteiger partial charge in [-0.3, -0.25) is 0 Å². The number of hydrogen-bond donors (Lipinski definition) is 0. The van der Waals surface area contributed by atoms with Gasteiger partial charge in [-0.1, -0.05) is 192 Å². The van der Waals surface area contributed by atoms with Crippen LogP contribution in [0.15, 0.2) is 158 Å². The van der Waals surface area contributed by atoms with Gasteiger partial charge in [-0.2, -0.15) is 0 Å². The highest BCUT2D eigenvalue weighted by molar-refractivity contribution is 6.23. The molecule has 62 heavy (non-hydrogen) atoms. The summed E-state index contributed by atoms with van der Waals surface area (Å²) >= 11 is 0. The number of benzene rings is 7. The molecule has 0 N–H and O–H groups in total. The second-order valence-corrected chi connectivity index (χ2v) is 21.1. The smallest absolute Gasteiger partial charge is 0.0974 e. The van der Waals surface area contributed by atoms with E-state index in [9.17, 15) is 0 Å². The van der Waals surface area contributed by atoms with Crippen molar-refractivity contribution in [3.05, 3.63) is 192 Å². The van der Waals surface area contributed by atoms with Gasteiger partial charge in [-0.15, -0.1) is 0 Å². The molecule has 0 aromatic heterocycles. The third-order valence-corrected chi connectivity index (χ3v) is 12.3. The molecule has 0 spiro atoms. The number of nitrogens with zero attached hydrogens (tertiary/aromatic N) is 2. The summed E-state index contributed by atoms with van der Waals surface area (Å²) in [6, 6.07) is 66.0. The molecule has 0 saturated heterocycles. The third-order valence-electron chi connectivity index (χ3n) is 12.3. The minimum Gasteiger partial charge on any atom is -0.309 e. The average molecular weight is 811 g/mol. The Labute approximate surface area is 371 Å². The fourth-order valence-electron chi connectivity index (χ4n) is 8.50. The molecule has 8 rings (SSSR count). The van der Waals surface area contributed by atoms with E-state index in [0.717, 1.165) is 61.2 Å². The zero-order valence-corrected chi connectivity index (χ0v) is 38.9. The molecule has 0 bridgehead atoms. The first kappa shape index (κ1) is 42.4. The van der Waals surface area contributed by atoms with Crippen LogP contribution in [0.2, 0.25) is 0 Å². The van der Waals surface area contributed by atoms with Crippen molar-refractivity contribution in [2.24, 2.45) is 0 Å². The topological polar surface area (TPSA) is 6.48 Å². The molecule has 0 atom stereocenters. The summed E-state index contributed by atoms with van der Waals surface area (Å²) in [6.07, 6.45) is 0. The maximum atomic E-state index is 3.67. The van der Waals surface area contributed by atoms with Gasteiger partial charge in [-0.25, -0.2) is 0 Å². The quantitative estimate of drug-likeness (QED) is 0.117. The van der Waals surface area contributed by atoms with Gasteiger partial charge in [0.25, 0.3) is 0 Å². The van der Waals surface area contributed by atoms with Gasteiger partial charge >= 0.3 is 0 Å². The van der Waals surface area contributed by atoms with Crippen molar-refractivity contribution in [1.29, 1.82) is 0 Å². The summed E-state index contributed by atoms with van der Waals surface area (Å²) in [5.74, 6) is 0. The molecule has 2 nitrogen and oxygen atoms in total. The first-order valence-corrected chi connectivity index (χ1v) is 22.2. The molecule has 8 aromatic rings. The van der Waals surface area contributed by atoms with Crippen LogP contribution in [-0.2, 0) is 21.7 Å². The lowest BCUT2D eigenvalue weighted by atomic mass is 9.86. The molecule has 0 amide bonds. The van der Waals surface area contributed by atoms with Gasteiger partial charge in [0.05, 0.1) is 17.1 Å². The number of hydrogen-bond acceptors (Lipinski definition) is 2. The van der Waals surface area contributed by atoms with Crippen molar-refractivity contribution >= 4 is 55.7 Å². The average Bonchev–Trinajstić information content (AvgIpc) is 3.24. The summed E-state index contributed by atoms with van der Waals surface area (Å²) in [4.78, 5) is 4.90. The van der Waals surface area contributed by atoms with E-state index in [-0.39, 0.29) is 21.7 Å². The Morgan fingerprint density at radius 1 is 0.323 bits per heavy atom. The van der Waals surface area contributed by atoms with Crippen LogP contribution in [0.3, 0.4) is 0 Å². The van der Waals surface area contributed by atoms with Gasteiger partial charge in [0.1, 0.15) is 0 Å². The van der Waals surface area contributed by atoms with Crippen molar-refractivity contribution in [3.8, 4) is 11.1 Å². The van der Waals surface area contributed by atoms with Crippen LogP contribution in [0.1, 0.15) is 105 Å². The van der Waals surface area contributed by atoms with E-state index in [1.807, 2.05) is 0 Å². The lowest BCUT2D eigenvalue weighted by Crippen LogP contribution is -2.16. The molecule has 0 aliphatic heterocycles. The normalized spacial score (nSPS) is 12.4. The van der Waals surface area contributed by atoms with Crippen molar-refractivity contribution < 1.29 is 0 Å². The minimum atomic E-state index is -0.0529. The lowest BCUT2D eigenvalue weighted by molar-refractivity contribution is 0.590. The predicted molar refractivity (Wildman–Crippen MR) is 269 cm³/mol. The number of rotatable bonds is 7. The third kappa shape index (κ3) is 8.34. The summed E-state index contributed by atoms with van der Waals surface area (Å²) in [7, 11) is 0. The Morgan fingerprint density at radius 2 is 0.742 bits per heavy atom. The van der Waals surface area contributed by atoms with Crippen molar-refractivity contribution in [2.75, 3.05) is 9.80 Å². The molecular weight excluding hydrogens is 749 g/mol. The molecule has 8 aromatic carbocycles. The molecule has 0 radical (unpaired) electrons. The fraction of sp³-hybridized carbons (Fsp3) is 0.267. The molecule has 0 aliphatic carbocycles. The van der Waals surface area contributed by atoms with E-state index < -0.39 is 0 Å². The number of anilines is 6. The first-order valence-electron chi connectivity index (χ1n) is 22.2. The van der Waals surface area contributed by atoms with Crippen LogP contribution in [0.5, 0.6) is 0 Å². The molecule has 0 saturated carbocycles. The maximum Gasteiger partial charge on any atom is 0.0974 e. The Bertz CT molecular complexity index is 2710. The van der Waals surface area contributed by atoms with Crippen LogP contribution >= 0.6 is 0 Å². The molecule has 312 valence electrons. The predicted octanol–water partition coefficient (Wildman–Crippen LogP) is 17.4. The fourth-order valence-corrected chi connectivity index (χ4v) is 8.50. The van der Waals surface area contributed by atoms with Crippen molar-refractivity contribution in [1.82, 2.24) is 0 Å². The summed E-state index contributed by atoms with van der Waals surface area (Å²) in [5.41, 5.74) is 13.9. The standard InChI is InChI=1S/C60H62N2/c1-57(2,3)43-23-31-47(32-24-43)61(48-33-25-44(26-34-48)58(4,5)6)55-51-20-16-17-21-52(51)56(54-40-42(22-39-53(54)55)41-18-14-13-15-19-41)62(49-35-27-45(28-36-49)59(7,8)9)50-37-29-46(30-38-50)60(10,11)12/h13-25,27-33,35-40H,1-12H3. The number of fused-ring (bicyclic) bond motifs is 2. The second kappa shape index (κ2) is 15.9. The van der Waals surface area contributed by atoms with Crippen LogP contribution < -0.4 is 9.80 Å². The van der Waals surface area contributed by atoms with Crippen LogP contribution in [0, 0.1) is 12.1 Å². The minimum absolute atomic E-state index is 0.0200. The molecule has 0 heterocycles. The summed E-state index contributed by atoms with van der Waals surface area (Å²) in [5, 5.41) is 4.62. The maximum absolute atomic E-state index is 3.67. The SMILES string of the molecule is CC(C)(C)c1c#cc(N(c2ccc(C(C)(C)C)cc2)c2c3ccccc3c(N(c3ccc(C(C)(C)C)cc3)c3ccc(C(C)(C)C)cc3)c3cc(-c4ccccc4)ccc23)cc1. The van der Waals surface area contributed by atoms with Crippen LogP contribution in [-0.4, -0.2) is 0 Å². The van der Waals surface area contributed by atoms with Gasteiger partial charge in [-0.05, 0) is 110 Å². The highest BCUT2D eigenvalue weighted by Crippen LogP contribution is 2.52. The Balaban J connectivity index is 1.50. The molecule has 0 aliphatic rings. The van der Waals surface area contributed by atoms with E-state index in [0.29, 0.717) is 0 Å². The van der Waals surface area contributed by atoms with Gasteiger partial charge < -0.3 is 9.80 Å². The summed E-state index contributed by atoms with van der Waals surface area (Å²) < 4.78 is 0. The highest BCUT2D eigenvalue weighted by atomic mass is 15.2. The van der Waals surface area contributed by atoms with E-state index in [4.69, 9.17) is 0 Å². The Morgan fingerprint density at radius 3 is 1.16 bits per heavy atom. The molecular formula is C60H62N2. The largest absolute Gasteiger partial charge is 0.309 e. The van der Waals surface area contributed by atoms with E-state index in [1.165, 1.54) is 27.8 Å². The highest BCUT2D eigenvalue weighted by Gasteiger charge is 2.28. The van der Waals surface area contributed by atoms with Crippen molar-refractivity contribution in [3.63, 3.8) is 0 Å². The van der Waals surface area contributed by atoms with Gasteiger partial charge in [0, 0.05) is 44.2 Å².